The summed E-state index contributed by atoms with van der Waals surface area (Å²) in [5, 5.41) is 0. The Bertz CT molecular complexity index is 2050. The normalized spacial score (nSPS) is 14.7. The van der Waals surface area contributed by atoms with Crippen molar-refractivity contribution >= 4 is 11.4 Å². The van der Waals surface area contributed by atoms with E-state index in [0.717, 1.165) is 40.4 Å². The average Bonchev–Trinajstić information content (AvgIpc) is 3.51. The molecule has 9 rings (SSSR count). The zero-order valence-electron chi connectivity index (χ0n) is 23.3. The van der Waals surface area contributed by atoms with Gasteiger partial charge in [-0.3, -0.25) is 4.99 Å². The van der Waals surface area contributed by atoms with Crippen molar-refractivity contribution in [2.24, 2.45) is 4.99 Å². The predicted octanol–water partition coefficient (Wildman–Crippen LogP) is 9.87. The molecular formula is C40H27NO. The molecule has 42 heavy (non-hydrogen) atoms. The first-order valence-corrected chi connectivity index (χ1v) is 14.6. The molecule has 0 bridgehead atoms. The van der Waals surface area contributed by atoms with Crippen LogP contribution in [-0.2, 0) is 11.8 Å². The maximum Gasteiger partial charge on any atom is 0.133 e. The van der Waals surface area contributed by atoms with E-state index in [9.17, 15) is 0 Å². The Kier molecular flexibility index (Phi) is 4.83. The predicted molar refractivity (Wildman–Crippen MR) is 170 cm³/mol. The van der Waals surface area contributed by atoms with Gasteiger partial charge in [0.05, 0.1) is 11.1 Å². The number of para-hydroxylation sites is 1. The lowest BCUT2D eigenvalue weighted by atomic mass is 9.70. The highest BCUT2D eigenvalue weighted by molar-refractivity contribution is 6.03. The molecule has 0 atom stereocenters. The van der Waals surface area contributed by atoms with Crippen LogP contribution in [0.25, 0.3) is 22.3 Å². The third-order valence-corrected chi connectivity index (χ3v) is 9.37. The number of rotatable bonds is 2. The molecular weight excluding hydrogens is 510 g/mol. The van der Waals surface area contributed by atoms with Gasteiger partial charge >= 0.3 is 0 Å². The molecule has 0 N–H and O–H groups in total. The molecule has 3 aliphatic rings. The molecule has 0 radical (unpaired) electrons. The minimum atomic E-state index is -0.348. The Hall–Kier alpha value is -5.21. The van der Waals surface area contributed by atoms with Crippen LogP contribution in [0.2, 0.25) is 0 Å². The molecule has 2 heteroatoms. The fourth-order valence-electron chi connectivity index (χ4n) is 7.56. The Labute approximate surface area is 245 Å². The smallest absolute Gasteiger partial charge is 0.133 e. The Morgan fingerprint density at radius 1 is 0.571 bits per heavy atom. The fourth-order valence-corrected chi connectivity index (χ4v) is 7.56. The molecule has 0 unspecified atom stereocenters. The Morgan fingerprint density at radius 2 is 1.14 bits per heavy atom. The number of fused-ring (bicyclic) bond motifs is 12. The van der Waals surface area contributed by atoms with Gasteiger partial charge < -0.3 is 4.74 Å². The molecule has 0 saturated carbocycles. The number of aliphatic imine (C=N–C) groups is 1. The number of nitrogens with zero attached hydrogens (tertiary/aromatic N) is 1. The topological polar surface area (TPSA) is 21.6 Å². The largest absolute Gasteiger partial charge is 0.457 e. The number of hydrogen-bond acceptors (Lipinski definition) is 2. The maximum absolute atomic E-state index is 6.26. The molecule has 6 aromatic rings. The summed E-state index contributed by atoms with van der Waals surface area (Å²) in [5.41, 5.74) is 15.8. The van der Waals surface area contributed by atoms with Gasteiger partial charge in [0.25, 0.3) is 0 Å². The highest BCUT2D eigenvalue weighted by atomic mass is 16.5. The molecule has 0 amide bonds. The Balaban J connectivity index is 1.23. The van der Waals surface area contributed by atoms with E-state index in [-0.39, 0.29) is 5.41 Å². The zero-order chi connectivity index (χ0) is 27.8. The van der Waals surface area contributed by atoms with Gasteiger partial charge in [0.2, 0.25) is 0 Å². The monoisotopic (exact) mass is 537 g/mol. The summed E-state index contributed by atoms with van der Waals surface area (Å²) in [4.78, 5) is 5.23. The minimum absolute atomic E-state index is 0.348. The van der Waals surface area contributed by atoms with E-state index in [1.807, 2.05) is 24.3 Å². The van der Waals surface area contributed by atoms with Crippen molar-refractivity contribution in [2.45, 2.75) is 18.8 Å². The number of ether oxygens (including phenoxy) is 1. The molecule has 0 aromatic heterocycles. The quantitative estimate of drug-likeness (QED) is 0.201. The fraction of sp³-hybridized carbons (Fsp3) is 0.0750. The molecule has 1 heterocycles. The summed E-state index contributed by atoms with van der Waals surface area (Å²) in [5.74, 6) is 1.83. The summed E-state index contributed by atoms with van der Waals surface area (Å²) >= 11 is 0. The summed E-state index contributed by atoms with van der Waals surface area (Å²) in [6.45, 7) is 2.13. The van der Waals surface area contributed by atoms with E-state index in [1.165, 1.54) is 50.1 Å². The van der Waals surface area contributed by atoms with Crippen molar-refractivity contribution < 1.29 is 4.74 Å². The van der Waals surface area contributed by atoms with Crippen LogP contribution < -0.4 is 4.74 Å². The van der Waals surface area contributed by atoms with E-state index in [2.05, 4.69) is 116 Å². The van der Waals surface area contributed by atoms with Gasteiger partial charge in [-0.15, -0.1) is 0 Å². The molecule has 6 aromatic carbocycles. The molecule has 0 fully saturated rings. The van der Waals surface area contributed by atoms with Crippen molar-refractivity contribution in [1.29, 1.82) is 0 Å². The first kappa shape index (κ1) is 23.5. The van der Waals surface area contributed by atoms with Crippen LogP contribution in [0.1, 0.15) is 45.9 Å². The van der Waals surface area contributed by atoms with Gasteiger partial charge in [-0.1, -0.05) is 109 Å². The van der Waals surface area contributed by atoms with Crippen LogP contribution >= 0.6 is 0 Å². The zero-order valence-corrected chi connectivity index (χ0v) is 23.3. The summed E-state index contributed by atoms with van der Waals surface area (Å²) in [6.07, 6.45) is 0.814. The lowest BCUT2D eigenvalue weighted by Gasteiger charge is -2.30. The second-order valence-corrected chi connectivity index (χ2v) is 11.5. The summed E-state index contributed by atoms with van der Waals surface area (Å²) < 4.78 is 6.26. The van der Waals surface area contributed by atoms with E-state index < -0.39 is 0 Å². The third-order valence-electron chi connectivity index (χ3n) is 9.37. The van der Waals surface area contributed by atoms with E-state index in [1.54, 1.807) is 0 Å². The van der Waals surface area contributed by atoms with E-state index in [0.29, 0.717) is 0 Å². The van der Waals surface area contributed by atoms with Gasteiger partial charge in [-0.05, 0) is 86.8 Å². The van der Waals surface area contributed by atoms with Gasteiger partial charge in [0.1, 0.15) is 11.5 Å². The van der Waals surface area contributed by atoms with Crippen LogP contribution in [0.3, 0.4) is 0 Å². The van der Waals surface area contributed by atoms with Crippen molar-refractivity contribution in [1.82, 2.24) is 0 Å². The van der Waals surface area contributed by atoms with Crippen LogP contribution in [0.5, 0.6) is 11.5 Å². The van der Waals surface area contributed by atoms with E-state index >= 15 is 0 Å². The second kappa shape index (κ2) is 8.64. The molecule has 1 aliphatic heterocycles. The van der Waals surface area contributed by atoms with Crippen molar-refractivity contribution in [3.8, 4) is 33.8 Å². The van der Waals surface area contributed by atoms with Gasteiger partial charge in [-0.2, -0.15) is 0 Å². The molecule has 198 valence electrons. The van der Waals surface area contributed by atoms with Crippen LogP contribution in [0, 0.1) is 0 Å². The average molecular weight is 538 g/mol. The van der Waals surface area contributed by atoms with E-state index in [4.69, 9.17) is 9.73 Å². The third kappa shape index (κ3) is 3.07. The standard InChI is InChI=1S/C40H27NO/c1-25(41-37-18-10-20-39-32(37)23-27-11-2-9-19-38(27)42-39)26-21-22-31-30-14-5-8-17-35(30)40(36(31)24-26)33-15-6-3-12-28(33)29-13-4-7-16-34(29)40/h2-22,24H,23H2,1H3. The van der Waals surface area contributed by atoms with Crippen LogP contribution in [-0.4, -0.2) is 5.71 Å². The number of benzene rings is 6. The molecule has 0 saturated heterocycles. The van der Waals surface area contributed by atoms with Crippen molar-refractivity contribution in [3.05, 3.63) is 172 Å². The summed E-state index contributed by atoms with van der Waals surface area (Å²) in [6, 6.07) is 48.2. The highest BCUT2D eigenvalue weighted by Gasteiger charge is 2.51. The van der Waals surface area contributed by atoms with Gasteiger partial charge in [0.15, 0.2) is 0 Å². The molecule has 2 nitrogen and oxygen atoms in total. The van der Waals surface area contributed by atoms with Crippen LogP contribution in [0.4, 0.5) is 5.69 Å². The van der Waals surface area contributed by atoms with Crippen LogP contribution in [0.15, 0.2) is 138 Å². The van der Waals surface area contributed by atoms with Gasteiger partial charge in [0, 0.05) is 17.7 Å². The molecule has 1 spiro atoms. The SMILES string of the molecule is CC(=Nc1cccc2c1Cc1ccccc1O2)c1ccc2c(c1)C1(c3ccccc3-c3ccccc31)c1ccccc1-2. The molecule has 2 aliphatic carbocycles. The minimum Gasteiger partial charge on any atom is -0.457 e. The first-order valence-electron chi connectivity index (χ1n) is 14.6. The lowest BCUT2D eigenvalue weighted by Crippen LogP contribution is -2.26. The lowest BCUT2D eigenvalue weighted by molar-refractivity contribution is 0.460. The van der Waals surface area contributed by atoms with Gasteiger partial charge in [-0.25, -0.2) is 0 Å². The van der Waals surface area contributed by atoms with Crippen molar-refractivity contribution in [3.63, 3.8) is 0 Å². The first-order chi connectivity index (χ1) is 20.7. The maximum atomic E-state index is 6.26. The van der Waals surface area contributed by atoms with Crippen molar-refractivity contribution in [2.75, 3.05) is 0 Å². The Morgan fingerprint density at radius 3 is 1.83 bits per heavy atom. The summed E-state index contributed by atoms with van der Waals surface area (Å²) in [7, 11) is 0. The number of hydrogen-bond donors (Lipinski definition) is 0. The second-order valence-electron chi connectivity index (χ2n) is 11.5. The highest BCUT2D eigenvalue weighted by Crippen LogP contribution is 2.62.